The lowest BCUT2D eigenvalue weighted by molar-refractivity contribution is -0.115. The normalized spacial score (nSPS) is 10.4. The lowest BCUT2D eigenvalue weighted by atomic mass is 10.2. The summed E-state index contributed by atoms with van der Waals surface area (Å²) in [5.41, 5.74) is 1.92. The highest BCUT2D eigenvalue weighted by Gasteiger charge is 2.07. The zero-order valence-electron chi connectivity index (χ0n) is 11.3. The van der Waals surface area contributed by atoms with E-state index in [1.54, 1.807) is 7.11 Å². The lowest BCUT2D eigenvalue weighted by Crippen LogP contribution is -2.30. The van der Waals surface area contributed by atoms with Crippen molar-refractivity contribution in [3.8, 4) is 11.3 Å². The van der Waals surface area contributed by atoms with Gasteiger partial charge in [0.25, 0.3) is 0 Å². The number of nitrogens with zero attached hydrogens (tertiary/aromatic N) is 1. The van der Waals surface area contributed by atoms with Gasteiger partial charge in [-0.2, -0.15) is 0 Å². The molecule has 1 amide bonds. The minimum Gasteiger partial charge on any atom is -0.383 e. The van der Waals surface area contributed by atoms with Gasteiger partial charge in [0.15, 0.2) is 5.13 Å². The number of methoxy groups -OCH3 is 1. The fourth-order valence-corrected chi connectivity index (χ4v) is 2.35. The first kappa shape index (κ1) is 14.6. The Hall–Kier alpha value is -1.76. The Labute approximate surface area is 122 Å². The van der Waals surface area contributed by atoms with E-state index >= 15 is 0 Å². The van der Waals surface area contributed by atoms with Gasteiger partial charge < -0.3 is 15.4 Å². The van der Waals surface area contributed by atoms with Crippen molar-refractivity contribution >= 4 is 22.4 Å². The summed E-state index contributed by atoms with van der Waals surface area (Å²) in [7, 11) is 1.63. The van der Waals surface area contributed by atoms with Crippen LogP contribution in [0.4, 0.5) is 5.13 Å². The van der Waals surface area contributed by atoms with Crippen molar-refractivity contribution < 1.29 is 9.53 Å². The first-order valence-corrected chi connectivity index (χ1v) is 7.18. The monoisotopic (exact) mass is 291 g/mol. The van der Waals surface area contributed by atoms with E-state index in [4.69, 9.17) is 4.74 Å². The summed E-state index contributed by atoms with van der Waals surface area (Å²) in [5, 5.41) is 8.31. The molecule has 0 saturated heterocycles. The lowest BCUT2D eigenvalue weighted by Gasteiger charge is -2.03. The van der Waals surface area contributed by atoms with Crippen LogP contribution in [0, 0.1) is 0 Å². The van der Waals surface area contributed by atoms with Crippen LogP contribution in [0.15, 0.2) is 35.7 Å². The van der Waals surface area contributed by atoms with Crippen LogP contribution in [0.3, 0.4) is 0 Å². The van der Waals surface area contributed by atoms with Crippen molar-refractivity contribution in [3.63, 3.8) is 0 Å². The summed E-state index contributed by atoms with van der Waals surface area (Å²) < 4.78 is 4.89. The second kappa shape index (κ2) is 7.74. The number of thiazole rings is 1. The SMILES string of the molecule is COCCNCC(=O)Nc1nc(-c2ccccc2)cs1. The molecule has 0 aliphatic rings. The van der Waals surface area contributed by atoms with Crippen LogP contribution >= 0.6 is 11.3 Å². The number of aromatic nitrogens is 1. The zero-order chi connectivity index (χ0) is 14.2. The topological polar surface area (TPSA) is 63.2 Å². The van der Waals surface area contributed by atoms with Crippen LogP contribution in [0.25, 0.3) is 11.3 Å². The molecule has 2 rings (SSSR count). The van der Waals surface area contributed by atoms with Crippen molar-refractivity contribution in [2.24, 2.45) is 0 Å². The molecule has 20 heavy (non-hydrogen) atoms. The van der Waals surface area contributed by atoms with E-state index in [0.717, 1.165) is 11.3 Å². The predicted molar refractivity (Wildman–Crippen MR) is 80.9 cm³/mol. The predicted octanol–water partition coefficient (Wildman–Crippen LogP) is 1.98. The van der Waals surface area contributed by atoms with Gasteiger partial charge >= 0.3 is 0 Å². The second-order valence-corrected chi connectivity index (χ2v) is 4.98. The smallest absolute Gasteiger partial charge is 0.240 e. The molecule has 0 unspecified atom stereocenters. The second-order valence-electron chi connectivity index (χ2n) is 4.12. The van der Waals surface area contributed by atoms with E-state index in [2.05, 4.69) is 15.6 Å². The fraction of sp³-hybridized carbons (Fsp3) is 0.286. The van der Waals surface area contributed by atoms with Gasteiger partial charge in [0, 0.05) is 24.6 Å². The Bertz CT molecular complexity index is 542. The Morgan fingerprint density at radius 2 is 2.15 bits per heavy atom. The molecule has 0 atom stereocenters. The summed E-state index contributed by atoms with van der Waals surface area (Å²) in [6, 6.07) is 9.88. The van der Waals surface area contributed by atoms with E-state index in [1.165, 1.54) is 11.3 Å². The Morgan fingerprint density at radius 3 is 2.90 bits per heavy atom. The standard InChI is InChI=1S/C14H17N3O2S/c1-19-8-7-15-9-13(18)17-14-16-12(10-20-14)11-5-3-2-4-6-11/h2-6,10,15H,7-9H2,1H3,(H,16,17,18). The molecule has 1 aromatic carbocycles. The van der Waals surface area contributed by atoms with Crippen molar-refractivity contribution in [3.05, 3.63) is 35.7 Å². The van der Waals surface area contributed by atoms with E-state index in [1.807, 2.05) is 35.7 Å². The maximum absolute atomic E-state index is 11.7. The largest absolute Gasteiger partial charge is 0.383 e. The van der Waals surface area contributed by atoms with Crippen molar-refractivity contribution in [1.29, 1.82) is 0 Å². The Balaban J connectivity index is 1.85. The molecule has 1 heterocycles. The van der Waals surface area contributed by atoms with Crippen LogP contribution in [0.1, 0.15) is 0 Å². The highest BCUT2D eigenvalue weighted by Crippen LogP contribution is 2.24. The summed E-state index contributed by atoms with van der Waals surface area (Å²) in [5.74, 6) is -0.102. The Morgan fingerprint density at radius 1 is 1.35 bits per heavy atom. The molecule has 5 nitrogen and oxygen atoms in total. The van der Waals surface area contributed by atoms with Gasteiger partial charge in [-0.05, 0) is 0 Å². The zero-order valence-corrected chi connectivity index (χ0v) is 12.1. The van der Waals surface area contributed by atoms with Crippen LogP contribution in [0.2, 0.25) is 0 Å². The summed E-state index contributed by atoms with van der Waals surface area (Å²) in [4.78, 5) is 16.1. The molecule has 0 bridgehead atoms. The minimum atomic E-state index is -0.102. The summed E-state index contributed by atoms with van der Waals surface area (Å²) in [6.07, 6.45) is 0. The van der Waals surface area contributed by atoms with E-state index in [0.29, 0.717) is 18.3 Å². The van der Waals surface area contributed by atoms with Crippen LogP contribution < -0.4 is 10.6 Å². The van der Waals surface area contributed by atoms with Gasteiger partial charge in [-0.1, -0.05) is 30.3 Å². The van der Waals surface area contributed by atoms with Crippen LogP contribution in [-0.2, 0) is 9.53 Å². The number of benzene rings is 1. The first-order valence-electron chi connectivity index (χ1n) is 6.30. The molecule has 0 spiro atoms. The molecule has 0 aliphatic heterocycles. The molecular formula is C14H17N3O2S. The van der Waals surface area contributed by atoms with E-state index in [9.17, 15) is 4.79 Å². The number of rotatable bonds is 7. The third-order valence-corrected chi connectivity index (χ3v) is 3.35. The first-order chi connectivity index (χ1) is 9.79. The van der Waals surface area contributed by atoms with Gasteiger partial charge in [0.1, 0.15) is 0 Å². The van der Waals surface area contributed by atoms with Crippen LogP contribution in [-0.4, -0.2) is 37.7 Å². The molecule has 6 heteroatoms. The van der Waals surface area contributed by atoms with Gasteiger partial charge in [0.2, 0.25) is 5.91 Å². The highest BCUT2D eigenvalue weighted by atomic mass is 32.1. The number of carbonyl (C=O) groups is 1. The van der Waals surface area contributed by atoms with E-state index < -0.39 is 0 Å². The van der Waals surface area contributed by atoms with Crippen molar-refractivity contribution in [2.75, 3.05) is 32.1 Å². The molecule has 2 aromatic rings. The molecule has 2 N–H and O–H groups in total. The number of amides is 1. The molecule has 1 aromatic heterocycles. The molecule has 0 saturated carbocycles. The van der Waals surface area contributed by atoms with Crippen molar-refractivity contribution in [1.82, 2.24) is 10.3 Å². The average molecular weight is 291 g/mol. The maximum atomic E-state index is 11.7. The van der Waals surface area contributed by atoms with Gasteiger partial charge in [-0.15, -0.1) is 11.3 Å². The van der Waals surface area contributed by atoms with E-state index in [-0.39, 0.29) is 12.5 Å². The number of carbonyl (C=O) groups excluding carboxylic acids is 1. The van der Waals surface area contributed by atoms with Crippen molar-refractivity contribution in [2.45, 2.75) is 0 Å². The number of ether oxygens (including phenoxy) is 1. The molecule has 0 radical (unpaired) electrons. The summed E-state index contributed by atoms with van der Waals surface area (Å²) in [6.45, 7) is 1.49. The molecule has 0 aliphatic carbocycles. The number of hydrogen-bond donors (Lipinski definition) is 2. The highest BCUT2D eigenvalue weighted by molar-refractivity contribution is 7.14. The van der Waals surface area contributed by atoms with Gasteiger partial charge in [0.05, 0.1) is 18.8 Å². The fourth-order valence-electron chi connectivity index (χ4n) is 1.61. The molecule has 0 fully saturated rings. The van der Waals surface area contributed by atoms with Gasteiger partial charge in [-0.3, -0.25) is 4.79 Å². The molecule has 106 valence electrons. The number of hydrogen-bond acceptors (Lipinski definition) is 5. The number of nitrogens with one attached hydrogen (secondary N) is 2. The molecular weight excluding hydrogens is 274 g/mol. The average Bonchev–Trinajstić information content (AvgIpc) is 2.93. The Kier molecular flexibility index (Phi) is 5.67. The quantitative estimate of drug-likeness (QED) is 0.766. The third kappa shape index (κ3) is 4.41. The van der Waals surface area contributed by atoms with Crippen LogP contribution in [0.5, 0.6) is 0 Å². The number of anilines is 1. The maximum Gasteiger partial charge on any atom is 0.240 e. The summed E-state index contributed by atoms with van der Waals surface area (Å²) >= 11 is 1.42. The van der Waals surface area contributed by atoms with Gasteiger partial charge in [-0.25, -0.2) is 4.98 Å². The third-order valence-electron chi connectivity index (χ3n) is 2.59. The minimum absolute atomic E-state index is 0.102.